The molecule has 1 aromatic heterocycles. The lowest BCUT2D eigenvalue weighted by atomic mass is 10.0. The first-order valence-corrected chi connectivity index (χ1v) is 4.68. The van der Waals surface area contributed by atoms with Gasteiger partial charge in [0.2, 0.25) is 0 Å². The summed E-state index contributed by atoms with van der Waals surface area (Å²) in [7, 11) is 0. The number of pyridine rings is 1. The van der Waals surface area contributed by atoms with Crippen LogP contribution in [0.15, 0.2) is 12.3 Å². The zero-order valence-electron chi connectivity index (χ0n) is 7.97. The number of aromatic nitrogens is 1. The maximum atomic E-state index is 13.2. The second-order valence-corrected chi connectivity index (χ2v) is 3.53. The van der Waals surface area contributed by atoms with Crippen LogP contribution in [0, 0.1) is 5.82 Å². The van der Waals surface area contributed by atoms with Crippen molar-refractivity contribution in [3.8, 4) is 0 Å². The van der Waals surface area contributed by atoms with Gasteiger partial charge in [-0.3, -0.25) is 4.79 Å². The minimum Gasteiger partial charge on any atom is -0.481 e. The second kappa shape index (κ2) is 5.20. The molecule has 1 rings (SSSR count). The van der Waals surface area contributed by atoms with Crippen LogP contribution in [0.3, 0.4) is 0 Å². The SMILES string of the molecule is O=C(O)CC(O)C(O)c1cc(Cl)ncc1F. The number of halogens is 2. The highest BCUT2D eigenvalue weighted by atomic mass is 35.5. The Morgan fingerprint density at radius 2 is 2.19 bits per heavy atom. The van der Waals surface area contributed by atoms with Crippen molar-refractivity contribution in [3.63, 3.8) is 0 Å². The monoisotopic (exact) mass is 249 g/mol. The average molecular weight is 250 g/mol. The van der Waals surface area contributed by atoms with Gasteiger partial charge in [0.1, 0.15) is 17.1 Å². The number of rotatable bonds is 4. The highest BCUT2D eigenvalue weighted by molar-refractivity contribution is 6.29. The van der Waals surface area contributed by atoms with Gasteiger partial charge < -0.3 is 15.3 Å². The van der Waals surface area contributed by atoms with E-state index in [1.807, 2.05) is 0 Å². The number of hydrogen-bond donors (Lipinski definition) is 3. The third-order valence-corrected chi connectivity index (χ3v) is 2.13. The minimum atomic E-state index is -1.66. The van der Waals surface area contributed by atoms with Crippen molar-refractivity contribution in [3.05, 3.63) is 28.8 Å². The van der Waals surface area contributed by atoms with Gasteiger partial charge in [0.25, 0.3) is 0 Å². The summed E-state index contributed by atoms with van der Waals surface area (Å²) in [6.45, 7) is 0. The topological polar surface area (TPSA) is 90.7 Å². The second-order valence-electron chi connectivity index (χ2n) is 3.14. The molecule has 0 aliphatic rings. The van der Waals surface area contributed by atoms with E-state index < -0.39 is 30.4 Å². The van der Waals surface area contributed by atoms with Crippen molar-refractivity contribution >= 4 is 17.6 Å². The molecule has 3 N–H and O–H groups in total. The fourth-order valence-corrected chi connectivity index (χ4v) is 1.32. The predicted molar refractivity (Wildman–Crippen MR) is 52.4 cm³/mol. The Hall–Kier alpha value is -1.24. The molecule has 1 heterocycles. The Bertz CT molecular complexity index is 401. The van der Waals surface area contributed by atoms with Gasteiger partial charge in [0, 0.05) is 5.56 Å². The zero-order valence-corrected chi connectivity index (χ0v) is 8.73. The lowest BCUT2D eigenvalue weighted by Crippen LogP contribution is -2.22. The van der Waals surface area contributed by atoms with Crippen molar-refractivity contribution in [1.82, 2.24) is 4.98 Å². The molecule has 0 amide bonds. The zero-order chi connectivity index (χ0) is 12.3. The van der Waals surface area contributed by atoms with E-state index in [0.29, 0.717) is 0 Å². The van der Waals surface area contributed by atoms with Crippen molar-refractivity contribution in [2.45, 2.75) is 18.6 Å². The normalized spacial score (nSPS) is 14.5. The Morgan fingerprint density at radius 3 is 2.75 bits per heavy atom. The van der Waals surface area contributed by atoms with Gasteiger partial charge in [-0.25, -0.2) is 9.37 Å². The van der Waals surface area contributed by atoms with E-state index in [1.54, 1.807) is 0 Å². The lowest BCUT2D eigenvalue weighted by molar-refractivity contribution is -0.141. The fraction of sp³-hybridized carbons (Fsp3) is 0.333. The van der Waals surface area contributed by atoms with Crippen LogP contribution in [0.4, 0.5) is 4.39 Å². The van der Waals surface area contributed by atoms with Crippen LogP contribution in [0.25, 0.3) is 0 Å². The van der Waals surface area contributed by atoms with Crippen LogP contribution < -0.4 is 0 Å². The van der Waals surface area contributed by atoms with E-state index in [1.165, 1.54) is 0 Å². The van der Waals surface area contributed by atoms with Gasteiger partial charge in [-0.05, 0) is 6.07 Å². The van der Waals surface area contributed by atoms with Gasteiger partial charge in [0.15, 0.2) is 0 Å². The summed E-state index contributed by atoms with van der Waals surface area (Å²) in [6.07, 6.45) is -3.17. The third-order valence-electron chi connectivity index (χ3n) is 1.92. The number of carbonyl (C=O) groups is 1. The number of aliphatic carboxylic acids is 1. The molecule has 2 unspecified atom stereocenters. The summed E-state index contributed by atoms with van der Waals surface area (Å²) in [5.41, 5.74) is -0.284. The van der Waals surface area contributed by atoms with E-state index in [-0.39, 0.29) is 10.7 Å². The Kier molecular flexibility index (Phi) is 4.17. The molecule has 0 aliphatic heterocycles. The van der Waals surface area contributed by atoms with Gasteiger partial charge in [-0.15, -0.1) is 0 Å². The van der Waals surface area contributed by atoms with E-state index >= 15 is 0 Å². The maximum Gasteiger partial charge on any atom is 0.306 e. The molecule has 5 nitrogen and oxygen atoms in total. The molecule has 0 bridgehead atoms. The maximum absolute atomic E-state index is 13.2. The van der Waals surface area contributed by atoms with E-state index in [0.717, 1.165) is 12.3 Å². The number of carboxylic acid groups (broad SMARTS) is 1. The van der Waals surface area contributed by atoms with Gasteiger partial charge in [0.05, 0.1) is 18.7 Å². The molecule has 0 aliphatic carbocycles. The first kappa shape index (κ1) is 12.8. The number of hydrogen-bond acceptors (Lipinski definition) is 4. The summed E-state index contributed by atoms with van der Waals surface area (Å²) >= 11 is 5.48. The molecule has 0 radical (unpaired) electrons. The number of carboxylic acids is 1. The quantitative estimate of drug-likeness (QED) is 0.685. The first-order chi connectivity index (χ1) is 7.41. The summed E-state index contributed by atoms with van der Waals surface area (Å²) in [5, 5.41) is 27.1. The van der Waals surface area contributed by atoms with Gasteiger partial charge in [-0.2, -0.15) is 0 Å². The van der Waals surface area contributed by atoms with Gasteiger partial charge in [-0.1, -0.05) is 11.6 Å². The Balaban J connectivity index is 2.90. The molecule has 0 saturated carbocycles. The molecule has 2 atom stereocenters. The van der Waals surface area contributed by atoms with Crippen LogP contribution in [-0.2, 0) is 4.79 Å². The first-order valence-electron chi connectivity index (χ1n) is 4.30. The Labute approximate surface area is 95.1 Å². The predicted octanol–water partition coefficient (Wildman–Crippen LogP) is 0.743. The smallest absolute Gasteiger partial charge is 0.306 e. The summed E-state index contributed by atoms with van der Waals surface area (Å²) in [5.74, 6) is -2.16. The summed E-state index contributed by atoms with van der Waals surface area (Å²) in [4.78, 5) is 13.7. The molecule has 0 fully saturated rings. The number of nitrogens with zero attached hydrogens (tertiary/aromatic N) is 1. The standard InChI is InChI=1S/C9H9ClFNO4/c10-7-1-4(5(11)3-12-7)9(16)6(13)2-8(14)15/h1,3,6,9,13,16H,2H2,(H,14,15). The lowest BCUT2D eigenvalue weighted by Gasteiger charge is -2.16. The van der Waals surface area contributed by atoms with Crippen LogP contribution in [0.1, 0.15) is 18.1 Å². The largest absolute Gasteiger partial charge is 0.481 e. The summed E-state index contributed by atoms with van der Waals surface area (Å²) in [6, 6.07) is 1.03. The van der Waals surface area contributed by atoms with Crippen molar-refractivity contribution in [2.75, 3.05) is 0 Å². The number of aliphatic hydroxyl groups is 2. The number of aliphatic hydroxyl groups excluding tert-OH is 2. The molecule has 1 aromatic rings. The molecule has 16 heavy (non-hydrogen) atoms. The third kappa shape index (κ3) is 3.13. The van der Waals surface area contributed by atoms with Crippen molar-refractivity contribution in [2.24, 2.45) is 0 Å². The highest BCUT2D eigenvalue weighted by Gasteiger charge is 2.24. The minimum absolute atomic E-state index is 0.0574. The Morgan fingerprint density at radius 1 is 1.56 bits per heavy atom. The molecular weight excluding hydrogens is 241 g/mol. The molecule has 0 aromatic carbocycles. The van der Waals surface area contributed by atoms with Crippen LogP contribution in [-0.4, -0.2) is 32.4 Å². The van der Waals surface area contributed by atoms with Crippen LogP contribution in [0.5, 0.6) is 0 Å². The van der Waals surface area contributed by atoms with E-state index in [9.17, 15) is 19.4 Å². The van der Waals surface area contributed by atoms with Crippen molar-refractivity contribution in [1.29, 1.82) is 0 Å². The van der Waals surface area contributed by atoms with E-state index in [2.05, 4.69) is 4.98 Å². The van der Waals surface area contributed by atoms with Crippen LogP contribution >= 0.6 is 11.6 Å². The molecule has 0 saturated heterocycles. The van der Waals surface area contributed by atoms with Crippen LogP contribution in [0.2, 0.25) is 5.15 Å². The van der Waals surface area contributed by atoms with Crippen molar-refractivity contribution < 1.29 is 24.5 Å². The average Bonchev–Trinajstić information content (AvgIpc) is 2.19. The molecule has 88 valence electrons. The molecule has 7 heteroatoms. The fourth-order valence-electron chi connectivity index (χ4n) is 1.15. The summed E-state index contributed by atoms with van der Waals surface area (Å²) < 4.78 is 13.2. The highest BCUT2D eigenvalue weighted by Crippen LogP contribution is 2.23. The van der Waals surface area contributed by atoms with Gasteiger partial charge >= 0.3 is 5.97 Å². The molecule has 0 spiro atoms. The molecular formula is C9H9ClFNO4. The van der Waals surface area contributed by atoms with E-state index in [4.69, 9.17) is 16.7 Å².